The van der Waals surface area contributed by atoms with E-state index in [1.54, 1.807) is 37.4 Å². The summed E-state index contributed by atoms with van der Waals surface area (Å²) in [7, 11) is -4.58. The molecule has 0 saturated heterocycles. The Morgan fingerprint density at radius 3 is 1.76 bits per heavy atom. The molecule has 0 saturated carbocycles. The molecule has 0 fully saturated rings. The number of methoxy groups -OCH3 is 1. The van der Waals surface area contributed by atoms with Crippen LogP contribution in [0.2, 0.25) is 5.04 Å². The van der Waals surface area contributed by atoms with E-state index in [-0.39, 0.29) is 28.1 Å². The molecule has 3 rings (SSSR count). The maximum atomic E-state index is 12.9. The lowest BCUT2D eigenvalue weighted by molar-refractivity contribution is 0.0145. The highest BCUT2D eigenvalue weighted by atomic mass is 127. The van der Waals surface area contributed by atoms with Crippen LogP contribution in [0.4, 0.5) is 0 Å². The highest BCUT2D eigenvalue weighted by Crippen LogP contribution is 2.37. The molecule has 3 aromatic carbocycles. The van der Waals surface area contributed by atoms with Gasteiger partial charge in [-0.15, -0.1) is 0 Å². The Morgan fingerprint density at radius 2 is 1.32 bits per heavy atom. The second-order valence-corrected chi connectivity index (χ2v) is 17.5. The van der Waals surface area contributed by atoms with Crippen LogP contribution in [0.15, 0.2) is 95.9 Å². The molecule has 3 aromatic rings. The molecule has 5 nitrogen and oxygen atoms in total. The summed E-state index contributed by atoms with van der Waals surface area (Å²) < 4.78 is 45.3. The predicted molar refractivity (Wildman–Crippen MR) is 166 cm³/mol. The Morgan fingerprint density at radius 1 is 0.816 bits per heavy atom. The monoisotopic (exact) mass is 666 g/mol. The van der Waals surface area contributed by atoms with Crippen LogP contribution in [-0.2, 0) is 23.7 Å². The molecular weight excluding hydrogens is 627 g/mol. The Kier molecular flexibility index (Phi) is 11.6. The van der Waals surface area contributed by atoms with Gasteiger partial charge in [-0.05, 0) is 34.0 Å². The van der Waals surface area contributed by atoms with Crippen LogP contribution < -0.4 is 10.4 Å². The standard InChI is InChI=1S/C30H39IO5SSi/c1-30(2,3)38(28-16-10-6-11-17-28,29-18-12-7-13-19-29)36-21-20-25(22-26(23-31)34-4)35-24-37(32,33)27-14-8-5-9-15-27/h5-19,25-26H,20-24H2,1-4H3/t25-,26-/m1/s1. The highest BCUT2D eigenvalue weighted by Gasteiger charge is 2.50. The SMILES string of the molecule is CO[C@@H](CI)C[C@@H](CCO[Si](c1ccccc1)(c1ccccc1)C(C)(C)C)OCS(=O)(=O)c1ccccc1. The van der Waals surface area contributed by atoms with Gasteiger partial charge in [-0.1, -0.05) is 122 Å². The van der Waals surface area contributed by atoms with Crippen molar-refractivity contribution in [1.82, 2.24) is 0 Å². The molecule has 0 aliphatic rings. The summed E-state index contributed by atoms with van der Waals surface area (Å²) in [6, 6.07) is 29.5. The molecule has 0 N–H and O–H groups in total. The number of halogens is 1. The molecule has 0 amide bonds. The second kappa shape index (κ2) is 14.2. The van der Waals surface area contributed by atoms with Crippen molar-refractivity contribution in [2.75, 3.05) is 24.1 Å². The first kappa shape index (κ1) is 31.0. The minimum Gasteiger partial charge on any atom is -0.407 e. The van der Waals surface area contributed by atoms with Gasteiger partial charge in [-0.25, -0.2) is 8.42 Å². The normalized spacial score (nSPS) is 14.2. The summed E-state index contributed by atoms with van der Waals surface area (Å²) >= 11 is 2.29. The zero-order chi connectivity index (χ0) is 27.7. The van der Waals surface area contributed by atoms with Crippen LogP contribution >= 0.6 is 22.6 Å². The van der Waals surface area contributed by atoms with Crippen molar-refractivity contribution >= 4 is 51.1 Å². The minimum atomic E-state index is -3.56. The second-order valence-electron chi connectivity index (χ2n) is 10.4. The molecule has 0 unspecified atom stereocenters. The van der Waals surface area contributed by atoms with Gasteiger partial charge in [-0.2, -0.15) is 0 Å². The first-order valence-electron chi connectivity index (χ1n) is 12.9. The van der Waals surface area contributed by atoms with Crippen LogP contribution in [0.25, 0.3) is 0 Å². The highest BCUT2D eigenvalue weighted by molar-refractivity contribution is 14.1. The summed E-state index contributed by atoms with van der Waals surface area (Å²) in [6.07, 6.45) is 0.790. The lowest BCUT2D eigenvalue weighted by atomic mass is 10.1. The van der Waals surface area contributed by atoms with E-state index in [9.17, 15) is 8.42 Å². The largest absolute Gasteiger partial charge is 0.407 e. The molecule has 8 heteroatoms. The van der Waals surface area contributed by atoms with Gasteiger partial charge in [0.15, 0.2) is 5.94 Å². The van der Waals surface area contributed by atoms with Crippen LogP contribution in [0.5, 0.6) is 0 Å². The Hall–Kier alpha value is -1.56. The number of alkyl halides is 1. The lowest BCUT2D eigenvalue weighted by Gasteiger charge is -2.43. The van der Waals surface area contributed by atoms with Gasteiger partial charge in [0.2, 0.25) is 9.84 Å². The van der Waals surface area contributed by atoms with Gasteiger partial charge in [0.1, 0.15) is 0 Å². The molecule has 0 bridgehead atoms. The van der Waals surface area contributed by atoms with E-state index in [0.717, 1.165) is 4.43 Å². The summed E-state index contributed by atoms with van der Waals surface area (Å²) in [5.74, 6) is -0.376. The summed E-state index contributed by atoms with van der Waals surface area (Å²) in [4.78, 5) is 0.263. The summed E-state index contributed by atoms with van der Waals surface area (Å²) in [5, 5.41) is 2.29. The zero-order valence-corrected chi connectivity index (χ0v) is 26.7. The van der Waals surface area contributed by atoms with Gasteiger partial charge in [0.25, 0.3) is 8.32 Å². The summed E-state index contributed by atoms with van der Waals surface area (Å²) in [6.45, 7) is 7.19. The molecule has 2 atom stereocenters. The first-order chi connectivity index (χ1) is 18.1. The fourth-order valence-electron chi connectivity index (χ4n) is 4.77. The molecule has 0 heterocycles. The number of ether oxygens (including phenoxy) is 2. The Labute approximate surface area is 243 Å². The van der Waals surface area contributed by atoms with E-state index in [4.69, 9.17) is 13.9 Å². The third-order valence-corrected chi connectivity index (χ3v) is 14.2. The average Bonchev–Trinajstić information content (AvgIpc) is 2.93. The van der Waals surface area contributed by atoms with Crippen molar-refractivity contribution in [3.63, 3.8) is 0 Å². The fraction of sp³-hybridized carbons (Fsp3) is 0.400. The minimum absolute atomic E-state index is 0.0344. The molecule has 0 aromatic heterocycles. The molecule has 0 aliphatic carbocycles. The van der Waals surface area contributed by atoms with E-state index in [0.29, 0.717) is 19.4 Å². The van der Waals surface area contributed by atoms with Gasteiger partial charge in [-0.3, -0.25) is 0 Å². The molecule has 0 radical (unpaired) electrons. The van der Waals surface area contributed by atoms with Crippen molar-refractivity contribution in [2.45, 2.75) is 55.8 Å². The van der Waals surface area contributed by atoms with Crippen molar-refractivity contribution in [1.29, 1.82) is 0 Å². The number of sulfone groups is 1. The predicted octanol–water partition coefficient (Wildman–Crippen LogP) is 5.61. The maximum Gasteiger partial charge on any atom is 0.261 e. The number of rotatable bonds is 14. The number of hydrogen-bond donors (Lipinski definition) is 0. The molecular formula is C30H39IO5SSi. The zero-order valence-electron chi connectivity index (χ0n) is 22.7. The van der Waals surface area contributed by atoms with E-state index in [2.05, 4.69) is 91.9 Å². The van der Waals surface area contributed by atoms with E-state index < -0.39 is 18.2 Å². The summed E-state index contributed by atoms with van der Waals surface area (Å²) in [5.41, 5.74) is 0. The molecule has 0 aliphatic heterocycles. The third-order valence-electron chi connectivity index (χ3n) is 6.77. The Bertz CT molecular complexity index is 1160. The topological polar surface area (TPSA) is 61.8 Å². The fourth-order valence-corrected chi connectivity index (χ4v) is 11.1. The molecule has 38 heavy (non-hydrogen) atoms. The smallest absolute Gasteiger partial charge is 0.261 e. The number of benzene rings is 3. The average molecular weight is 667 g/mol. The molecule has 0 spiro atoms. The van der Waals surface area contributed by atoms with Crippen molar-refractivity contribution in [3.05, 3.63) is 91.0 Å². The Balaban J connectivity index is 1.85. The third kappa shape index (κ3) is 7.76. The van der Waals surface area contributed by atoms with Gasteiger partial charge in [0.05, 0.1) is 17.1 Å². The van der Waals surface area contributed by atoms with Crippen LogP contribution in [0.3, 0.4) is 0 Å². The van der Waals surface area contributed by atoms with Crippen LogP contribution in [0, 0.1) is 0 Å². The van der Waals surface area contributed by atoms with Gasteiger partial charge in [0, 0.05) is 24.6 Å². The lowest BCUT2D eigenvalue weighted by Crippen LogP contribution is -2.66. The molecule has 206 valence electrons. The maximum absolute atomic E-state index is 12.9. The van der Waals surface area contributed by atoms with Crippen molar-refractivity contribution in [2.24, 2.45) is 0 Å². The van der Waals surface area contributed by atoms with Crippen LogP contribution in [0.1, 0.15) is 33.6 Å². The first-order valence-corrected chi connectivity index (χ1v) is 18.0. The van der Waals surface area contributed by atoms with Crippen molar-refractivity contribution in [3.8, 4) is 0 Å². The number of hydrogen-bond acceptors (Lipinski definition) is 5. The van der Waals surface area contributed by atoms with E-state index in [1.807, 2.05) is 12.1 Å². The van der Waals surface area contributed by atoms with Crippen LogP contribution in [-0.4, -0.2) is 53.0 Å². The van der Waals surface area contributed by atoms with E-state index in [1.165, 1.54) is 10.4 Å². The quantitative estimate of drug-likeness (QED) is 0.127. The van der Waals surface area contributed by atoms with Gasteiger partial charge >= 0.3 is 0 Å². The van der Waals surface area contributed by atoms with Crippen molar-refractivity contribution < 1.29 is 22.3 Å². The van der Waals surface area contributed by atoms with Gasteiger partial charge < -0.3 is 13.9 Å². The van der Waals surface area contributed by atoms with E-state index >= 15 is 0 Å².